The lowest BCUT2D eigenvalue weighted by Crippen LogP contribution is -2.37. The number of hydrogen-bond acceptors (Lipinski definition) is 4. The van der Waals surface area contributed by atoms with Gasteiger partial charge >= 0.3 is 12.1 Å². The Morgan fingerprint density at radius 2 is 2.00 bits per heavy atom. The topological polar surface area (TPSA) is 55.8 Å². The van der Waals surface area contributed by atoms with Crippen molar-refractivity contribution in [3.05, 3.63) is 12.7 Å². The second-order valence-electron chi connectivity index (χ2n) is 3.99. The number of esters is 1. The monoisotopic (exact) mass is 241 g/mol. The lowest BCUT2D eigenvalue weighted by molar-refractivity contribution is -0.144. The molecule has 0 aromatic heterocycles. The van der Waals surface area contributed by atoms with Crippen molar-refractivity contribution in [2.45, 2.75) is 19.3 Å². The maximum Gasteiger partial charge on any atom is 0.409 e. The summed E-state index contributed by atoms with van der Waals surface area (Å²) in [7, 11) is 1.30. The van der Waals surface area contributed by atoms with E-state index >= 15 is 0 Å². The molecule has 17 heavy (non-hydrogen) atoms. The summed E-state index contributed by atoms with van der Waals surface area (Å²) in [6.07, 6.45) is 4.24. The lowest BCUT2D eigenvalue weighted by atomic mass is 10.1. The molecule has 1 fully saturated rings. The van der Waals surface area contributed by atoms with Gasteiger partial charge in [0.15, 0.2) is 0 Å². The zero-order chi connectivity index (χ0) is 12.7. The van der Waals surface area contributed by atoms with Gasteiger partial charge in [0.1, 0.15) is 12.5 Å². The van der Waals surface area contributed by atoms with Crippen LogP contribution in [0.3, 0.4) is 0 Å². The second-order valence-corrected chi connectivity index (χ2v) is 3.99. The molecular weight excluding hydrogens is 222 g/mol. The minimum Gasteiger partial charge on any atom is -0.468 e. The smallest absolute Gasteiger partial charge is 0.409 e. The molecule has 0 spiro atoms. The van der Waals surface area contributed by atoms with E-state index in [4.69, 9.17) is 4.74 Å². The Kier molecular flexibility index (Phi) is 5.52. The van der Waals surface area contributed by atoms with Gasteiger partial charge in [0.05, 0.1) is 7.11 Å². The van der Waals surface area contributed by atoms with Crippen molar-refractivity contribution in [2.75, 3.05) is 26.8 Å². The quantitative estimate of drug-likeness (QED) is 0.554. The Bertz CT molecular complexity index is 284. The number of ether oxygens (including phenoxy) is 2. The number of carbonyl (C=O) groups excluding carboxylic acids is 2. The standard InChI is InChI=1S/C12H19NO4/c1-3-10(11(14)16-2)9-17-12(15)13-7-5-4-6-8-13/h3,10H,1,4-9H2,2H3. The molecule has 0 saturated carbocycles. The summed E-state index contributed by atoms with van der Waals surface area (Å²) in [6, 6.07) is 0. The van der Waals surface area contributed by atoms with E-state index in [1.807, 2.05) is 0 Å². The molecule has 0 aromatic rings. The number of methoxy groups -OCH3 is 1. The fourth-order valence-corrected chi connectivity index (χ4v) is 1.71. The second kappa shape index (κ2) is 6.93. The average Bonchev–Trinajstić information content (AvgIpc) is 2.39. The normalized spacial score (nSPS) is 17.1. The highest BCUT2D eigenvalue weighted by molar-refractivity contribution is 5.75. The molecule has 1 atom stereocenters. The van der Waals surface area contributed by atoms with Crippen molar-refractivity contribution in [2.24, 2.45) is 5.92 Å². The molecule has 0 N–H and O–H groups in total. The highest BCUT2D eigenvalue weighted by Gasteiger charge is 2.21. The maximum absolute atomic E-state index is 11.6. The highest BCUT2D eigenvalue weighted by atomic mass is 16.6. The minimum atomic E-state index is -0.589. The molecule has 0 radical (unpaired) electrons. The minimum absolute atomic E-state index is 0.00843. The molecule has 1 saturated heterocycles. The van der Waals surface area contributed by atoms with Crippen LogP contribution in [0.2, 0.25) is 0 Å². The molecule has 1 rings (SSSR count). The largest absolute Gasteiger partial charge is 0.468 e. The van der Waals surface area contributed by atoms with Crippen molar-refractivity contribution < 1.29 is 19.1 Å². The van der Waals surface area contributed by atoms with Crippen LogP contribution in [0.15, 0.2) is 12.7 Å². The van der Waals surface area contributed by atoms with Crippen molar-refractivity contribution in [1.82, 2.24) is 4.90 Å². The predicted molar refractivity (Wildman–Crippen MR) is 62.5 cm³/mol. The van der Waals surface area contributed by atoms with Gasteiger partial charge in [0.2, 0.25) is 0 Å². The van der Waals surface area contributed by atoms with Crippen LogP contribution >= 0.6 is 0 Å². The first-order chi connectivity index (χ1) is 8.19. The summed E-state index contributed by atoms with van der Waals surface area (Å²) in [5, 5.41) is 0. The van der Waals surface area contributed by atoms with E-state index in [0.29, 0.717) is 0 Å². The number of amides is 1. The third-order valence-electron chi connectivity index (χ3n) is 2.79. The van der Waals surface area contributed by atoms with Crippen LogP contribution in [-0.4, -0.2) is 43.8 Å². The first-order valence-corrected chi connectivity index (χ1v) is 5.81. The van der Waals surface area contributed by atoms with E-state index in [1.165, 1.54) is 13.2 Å². The molecule has 0 aromatic carbocycles. The van der Waals surface area contributed by atoms with Crippen LogP contribution < -0.4 is 0 Å². The van der Waals surface area contributed by atoms with Gasteiger partial charge in [-0.25, -0.2) is 4.79 Å². The van der Waals surface area contributed by atoms with Gasteiger partial charge in [-0.05, 0) is 19.3 Å². The summed E-state index contributed by atoms with van der Waals surface area (Å²) >= 11 is 0. The first-order valence-electron chi connectivity index (χ1n) is 5.81. The zero-order valence-electron chi connectivity index (χ0n) is 10.2. The van der Waals surface area contributed by atoms with Crippen LogP contribution in [0.1, 0.15) is 19.3 Å². The van der Waals surface area contributed by atoms with Gasteiger partial charge in [-0.1, -0.05) is 6.08 Å². The fraction of sp³-hybridized carbons (Fsp3) is 0.667. The molecule has 0 bridgehead atoms. The van der Waals surface area contributed by atoms with Gasteiger partial charge in [0, 0.05) is 13.1 Å². The Labute approximate surface area is 101 Å². The van der Waals surface area contributed by atoms with Crippen LogP contribution in [0.5, 0.6) is 0 Å². The molecule has 1 aliphatic heterocycles. The van der Waals surface area contributed by atoms with E-state index in [0.717, 1.165) is 32.4 Å². The molecule has 5 nitrogen and oxygen atoms in total. The number of nitrogens with zero attached hydrogens (tertiary/aromatic N) is 1. The van der Waals surface area contributed by atoms with Crippen molar-refractivity contribution >= 4 is 12.1 Å². The lowest BCUT2D eigenvalue weighted by Gasteiger charge is -2.26. The van der Waals surface area contributed by atoms with E-state index in [1.54, 1.807) is 4.90 Å². The predicted octanol–water partition coefficient (Wildman–Crippen LogP) is 1.58. The van der Waals surface area contributed by atoms with Gasteiger partial charge in [-0.3, -0.25) is 4.79 Å². The molecule has 1 unspecified atom stereocenters. The van der Waals surface area contributed by atoms with Crippen molar-refractivity contribution in [3.8, 4) is 0 Å². The Hall–Kier alpha value is -1.52. The van der Waals surface area contributed by atoms with Gasteiger partial charge in [-0.15, -0.1) is 6.58 Å². The van der Waals surface area contributed by atoms with Gasteiger partial charge in [-0.2, -0.15) is 0 Å². The van der Waals surface area contributed by atoms with Crippen molar-refractivity contribution in [1.29, 1.82) is 0 Å². The molecule has 1 heterocycles. The Morgan fingerprint density at radius 1 is 1.35 bits per heavy atom. The van der Waals surface area contributed by atoms with E-state index in [-0.39, 0.29) is 12.7 Å². The number of hydrogen-bond donors (Lipinski definition) is 0. The molecule has 96 valence electrons. The zero-order valence-corrected chi connectivity index (χ0v) is 10.2. The van der Waals surface area contributed by atoms with Gasteiger partial charge in [0.25, 0.3) is 0 Å². The summed E-state index contributed by atoms with van der Waals surface area (Å²) in [5.74, 6) is -1.03. The number of likely N-dealkylation sites (tertiary alicyclic amines) is 1. The Balaban J connectivity index is 2.35. The summed E-state index contributed by atoms with van der Waals surface area (Å²) < 4.78 is 9.64. The van der Waals surface area contributed by atoms with Crippen LogP contribution in [0.4, 0.5) is 4.79 Å². The molecular formula is C12H19NO4. The third kappa shape index (κ3) is 4.09. The summed E-state index contributed by atoms with van der Waals surface area (Å²) in [6.45, 7) is 4.97. The molecule has 1 amide bonds. The number of rotatable bonds is 4. The number of piperidine rings is 1. The third-order valence-corrected chi connectivity index (χ3v) is 2.79. The summed E-state index contributed by atoms with van der Waals surface area (Å²) in [4.78, 5) is 24.5. The summed E-state index contributed by atoms with van der Waals surface area (Å²) in [5.41, 5.74) is 0. The Morgan fingerprint density at radius 3 is 2.53 bits per heavy atom. The first kappa shape index (κ1) is 13.5. The van der Waals surface area contributed by atoms with E-state index < -0.39 is 11.9 Å². The van der Waals surface area contributed by atoms with Crippen LogP contribution in [0.25, 0.3) is 0 Å². The SMILES string of the molecule is C=CC(COC(=O)N1CCCCC1)C(=O)OC. The molecule has 0 aliphatic carbocycles. The molecule has 5 heteroatoms. The number of carbonyl (C=O) groups is 2. The highest BCUT2D eigenvalue weighted by Crippen LogP contribution is 2.11. The van der Waals surface area contributed by atoms with Crippen molar-refractivity contribution in [3.63, 3.8) is 0 Å². The molecule has 1 aliphatic rings. The van der Waals surface area contributed by atoms with Gasteiger partial charge < -0.3 is 14.4 Å². The van der Waals surface area contributed by atoms with Crippen LogP contribution in [0, 0.1) is 5.92 Å². The fourth-order valence-electron chi connectivity index (χ4n) is 1.71. The average molecular weight is 241 g/mol. The van der Waals surface area contributed by atoms with E-state index in [2.05, 4.69) is 11.3 Å². The van der Waals surface area contributed by atoms with E-state index in [9.17, 15) is 9.59 Å². The van der Waals surface area contributed by atoms with Crippen LogP contribution in [-0.2, 0) is 14.3 Å². The maximum atomic E-state index is 11.6.